The van der Waals surface area contributed by atoms with Gasteiger partial charge in [-0.05, 0) is 62.9 Å². The number of carboxylic acids is 1. The Morgan fingerprint density at radius 3 is 2.61 bits per heavy atom. The van der Waals surface area contributed by atoms with E-state index < -0.39 is 5.97 Å². The summed E-state index contributed by atoms with van der Waals surface area (Å²) < 4.78 is 0. The molecule has 1 aliphatic rings. The van der Waals surface area contributed by atoms with Crippen LogP contribution in [0.15, 0.2) is 18.2 Å². The number of hydrogen-bond donors (Lipinski definition) is 1. The van der Waals surface area contributed by atoms with Gasteiger partial charge in [0.1, 0.15) is 6.04 Å². The minimum Gasteiger partial charge on any atom is -0.480 e. The number of likely N-dealkylation sites (tertiary alicyclic amines) is 1. The number of carboxylic acid groups (broad SMARTS) is 1. The molecule has 98 valence electrons. The van der Waals surface area contributed by atoms with E-state index in [0.29, 0.717) is 6.42 Å². The van der Waals surface area contributed by atoms with Gasteiger partial charge in [0.2, 0.25) is 0 Å². The predicted molar refractivity (Wildman–Crippen MR) is 71.9 cm³/mol. The normalized spacial score (nSPS) is 17.9. The van der Waals surface area contributed by atoms with Gasteiger partial charge < -0.3 is 5.11 Å². The lowest BCUT2D eigenvalue weighted by molar-refractivity contribution is -0.142. The van der Waals surface area contributed by atoms with Crippen molar-refractivity contribution in [3.05, 3.63) is 34.9 Å². The smallest absolute Gasteiger partial charge is 0.321 e. The number of carbonyl (C=O) groups is 1. The Kier molecular flexibility index (Phi) is 4.02. The molecule has 1 aliphatic heterocycles. The van der Waals surface area contributed by atoms with E-state index in [2.05, 4.69) is 24.8 Å². The van der Waals surface area contributed by atoms with Crippen molar-refractivity contribution in [3.8, 4) is 0 Å². The van der Waals surface area contributed by atoms with E-state index in [-0.39, 0.29) is 6.04 Å². The summed E-state index contributed by atoms with van der Waals surface area (Å²) in [6, 6.07) is 5.77. The fourth-order valence-electron chi connectivity index (χ4n) is 2.67. The summed E-state index contributed by atoms with van der Waals surface area (Å²) in [6.45, 7) is 5.99. The van der Waals surface area contributed by atoms with Crippen LogP contribution in [-0.2, 0) is 11.2 Å². The van der Waals surface area contributed by atoms with Crippen LogP contribution in [0.5, 0.6) is 0 Å². The van der Waals surface area contributed by atoms with Crippen LogP contribution in [0, 0.1) is 13.8 Å². The van der Waals surface area contributed by atoms with Crippen molar-refractivity contribution in [3.63, 3.8) is 0 Å². The molecule has 0 saturated carbocycles. The topological polar surface area (TPSA) is 40.5 Å². The van der Waals surface area contributed by atoms with Crippen molar-refractivity contribution in [2.45, 2.75) is 39.2 Å². The quantitative estimate of drug-likeness (QED) is 0.888. The number of aryl methyl sites for hydroxylation is 1. The van der Waals surface area contributed by atoms with E-state index in [4.69, 9.17) is 0 Å². The Bertz CT molecular complexity index is 436. The Morgan fingerprint density at radius 2 is 2.00 bits per heavy atom. The summed E-state index contributed by atoms with van der Waals surface area (Å²) in [5, 5.41) is 9.41. The molecule has 0 spiro atoms. The molecular weight excluding hydrogens is 226 g/mol. The van der Waals surface area contributed by atoms with Crippen molar-refractivity contribution in [2.24, 2.45) is 0 Å². The minimum atomic E-state index is -0.696. The van der Waals surface area contributed by atoms with Gasteiger partial charge in [0.25, 0.3) is 0 Å². The number of aliphatic carboxylic acids is 1. The highest BCUT2D eigenvalue weighted by Crippen LogP contribution is 2.19. The summed E-state index contributed by atoms with van der Waals surface area (Å²) in [5.74, 6) is -0.696. The van der Waals surface area contributed by atoms with Gasteiger partial charge in [-0.2, -0.15) is 0 Å². The first kappa shape index (κ1) is 13.1. The van der Waals surface area contributed by atoms with Crippen LogP contribution in [0.25, 0.3) is 0 Å². The summed E-state index contributed by atoms with van der Waals surface area (Å²) in [6.07, 6.45) is 2.86. The maximum Gasteiger partial charge on any atom is 0.321 e. The average Bonchev–Trinajstić information content (AvgIpc) is 2.84. The minimum absolute atomic E-state index is 0.368. The highest BCUT2D eigenvalue weighted by Gasteiger charge is 2.28. The van der Waals surface area contributed by atoms with Gasteiger partial charge in [0, 0.05) is 0 Å². The molecule has 1 saturated heterocycles. The van der Waals surface area contributed by atoms with Crippen molar-refractivity contribution < 1.29 is 9.90 Å². The van der Waals surface area contributed by atoms with E-state index >= 15 is 0 Å². The second-order valence-electron chi connectivity index (χ2n) is 5.16. The van der Waals surface area contributed by atoms with Gasteiger partial charge in [0.15, 0.2) is 0 Å². The molecule has 3 heteroatoms. The molecule has 0 amide bonds. The molecule has 1 fully saturated rings. The molecule has 3 nitrogen and oxygen atoms in total. The van der Waals surface area contributed by atoms with Crippen LogP contribution < -0.4 is 0 Å². The monoisotopic (exact) mass is 247 g/mol. The largest absolute Gasteiger partial charge is 0.480 e. The number of nitrogens with zero attached hydrogens (tertiary/aromatic N) is 1. The third kappa shape index (κ3) is 2.72. The molecule has 0 radical (unpaired) electrons. The van der Waals surface area contributed by atoms with Crippen LogP contribution >= 0.6 is 0 Å². The average molecular weight is 247 g/mol. The molecule has 1 aromatic carbocycles. The maximum absolute atomic E-state index is 11.4. The standard InChI is InChI=1S/C15H21NO2/c1-11-6-5-7-13(12(11)2)10-14(15(17)18)16-8-3-4-9-16/h5-7,14H,3-4,8-10H2,1-2H3,(H,17,18). The lowest BCUT2D eigenvalue weighted by Gasteiger charge is -2.24. The Balaban J connectivity index is 2.18. The molecule has 1 unspecified atom stereocenters. The first-order chi connectivity index (χ1) is 8.59. The van der Waals surface area contributed by atoms with Gasteiger partial charge in [-0.25, -0.2) is 0 Å². The third-order valence-electron chi connectivity index (χ3n) is 4.00. The Labute approximate surface area is 108 Å². The van der Waals surface area contributed by atoms with Crippen LogP contribution in [0.4, 0.5) is 0 Å². The zero-order valence-corrected chi connectivity index (χ0v) is 11.1. The number of benzene rings is 1. The number of hydrogen-bond acceptors (Lipinski definition) is 2. The molecule has 0 aromatic heterocycles. The Hall–Kier alpha value is -1.35. The van der Waals surface area contributed by atoms with Crippen LogP contribution in [-0.4, -0.2) is 35.1 Å². The third-order valence-corrected chi connectivity index (χ3v) is 4.00. The van der Waals surface area contributed by atoms with Crippen LogP contribution in [0.2, 0.25) is 0 Å². The zero-order chi connectivity index (χ0) is 13.1. The highest BCUT2D eigenvalue weighted by molar-refractivity contribution is 5.74. The zero-order valence-electron chi connectivity index (χ0n) is 11.1. The summed E-state index contributed by atoms with van der Waals surface area (Å²) in [5.41, 5.74) is 3.62. The van der Waals surface area contributed by atoms with Crippen molar-refractivity contribution >= 4 is 5.97 Å². The Morgan fingerprint density at radius 1 is 1.33 bits per heavy atom. The molecular formula is C15H21NO2. The van der Waals surface area contributed by atoms with Crippen LogP contribution in [0.3, 0.4) is 0 Å². The molecule has 2 rings (SSSR count). The molecule has 1 N–H and O–H groups in total. The van der Waals surface area contributed by atoms with Gasteiger partial charge >= 0.3 is 5.97 Å². The second kappa shape index (κ2) is 5.53. The first-order valence-electron chi connectivity index (χ1n) is 6.61. The number of rotatable bonds is 4. The van der Waals surface area contributed by atoms with E-state index in [1.807, 2.05) is 12.1 Å². The molecule has 1 aromatic rings. The fraction of sp³-hybridized carbons (Fsp3) is 0.533. The second-order valence-corrected chi connectivity index (χ2v) is 5.16. The van der Waals surface area contributed by atoms with Crippen molar-refractivity contribution in [1.82, 2.24) is 4.90 Å². The summed E-state index contributed by atoms with van der Waals surface area (Å²) in [4.78, 5) is 13.5. The van der Waals surface area contributed by atoms with Crippen LogP contribution in [0.1, 0.15) is 29.5 Å². The molecule has 1 atom stereocenters. The lowest BCUT2D eigenvalue weighted by atomic mass is 9.97. The predicted octanol–water partition coefficient (Wildman–Crippen LogP) is 2.39. The van der Waals surface area contributed by atoms with E-state index in [1.54, 1.807) is 0 Å². The van der Waals surface area contributed by atoms with Gasteiger partial charge in [-0.15, -0.1) is 0 Å². The van der Waals surface area contributed by atoms with E-state index in [9.17, 15) is 9.90 Å². The summed E-state index contributed by atoms with van der Waals surface area (Å²) in [7, 11) is 0. The van der Waals surface area contributed by atoms with Crippen molar-refractivity contribution in [2.75, 3.05) is 13.1 Å². The SMILES string of the molecule is Cc1cccc(CC(C(=O)O)N2CCCC2)c1C. The van der Waals surface area contributed by atoms with Gasteiger partial charge in [-0.3, -0.25) is 9.69 Å². The van der Waals surface area contributed by atoms with Gasteiger partial charge in [0.05, 0.1) is 0 Å². The lowest BCUT2D eigenvalue weighted by Crippen LogP contribution is -2.41. The molecule has 18 heavy (non-hydrogen) atoms. The van der Waals surface area contributed by atoms with E-state index in [0.717, 1.165) is 31.5 Å². The molecule has 1 heterocycles. The highest BCUT2D eigenvalue weighted by atomic mass is 16.4. The summed E-state index contributed by atoms with van der Waals surface area (Å²) >= 11 is 0. The maximum atomic E-state index is 11.4. The van der Waals surface area contributed by atoms with Gasteiger partial charge in [-0.1, -0.05) is 18.2 Å². The fourth-order valence-corrected chi connectivity index (χ4v) is 2.67. The molecule has 0 aliphatic carbocycles. The van der Waals surface area contributed by atoms with Crippen molar-refractivity contribution in [1.29, 1.82) is 0 Å². The molecule has 0 bridgehead atoms. The van der Waals surface area contributed by atoms with E-state index in [1.165, 1.54) is 11.1 Å². The first-order valence-corrected chi connectivity index (χ1v) is 6.61.